The van der Waals surface area contributed by atoms with Crippen LogP contribution in [-0.2, 0) is 74.8 Å². The van der Waals surface area contributed by atoms with E-state index in [0.29, 0.717) is 5.56 Å². The van der Waals surface area contributed by atoms with Crippen molar-refractivity contribution in [2.45, 2.75) is 206 Å². The number of fused-ring (bicyclic) bond motifs is 18. The summed E-state index contributed by atoms with van der Waals surface area (Å²) in [4.78, 5) is 28.3. The second kappa shape index (κ2) is 37.1. The molecule has 0 saturated heterocycles. The lowest BCUT2D eigenvalue weighted by Gasteiger charge is -2.23. The largest absolute Gasteiger partial charge is 0.260 e. The Morgan fingerprint density at radius 2 is 0.462 bits per heavy atom. The van der Waals surface area contributed by atoms with E-state index in [2.05, 4.69) is 424 Å². The third-order valence-electron chi connectivity index (χ3n) is 32.3. The van der Waals surface area contributed by atoms with Crippen molar-refractivity contribution in [1.82, 2.24) is 29.9 Å². The van der Waals surface area contributed by atoms with Crippen LogP contribution >= 0.6 is 0 Å². The van der Waals surface area contributed by atoms with Crippen LogP contribution in [0.1, 0.15) is 227 Å². The summed E-state index contributed by atoms with van der Waals surface area (Å²) in [5.41, 5.74) is 61.0. The Bertz CT molecular complexity index is 8180. The molecule has 145 heavy (non-hydrogen) atoms. The number of benzene rings is 6. The van der Waals surface area contributed by atoms with Crippen molar-refractivity contribution >= 4 is 0 Å². The Morgan fingerprint density at radius 1 is 0.207 bits per heavy atom. The number of aromatic nitrogens is 12. The molecule has 0 atom stereocenters. The van der Waals surface area contributed by atoms with Gasteiger partial charge in [-0.05, 0) is 248 Å². The number of hydrogen-bond donors (Lipinski definition) is 0. The minimum absolute atomic E-state index is 0.0921. The van der Waals surface area contributed by atoms with E-state index in [-0.39, 0.29) is 32.5 Å². The number of nitrogens with zero attached hydrogens (tertiary/aromatic N) is 12. The van der Waals surface area contributed by atoms with Crippen LogP contribution in [0.5, 0.6) is 0 Å². The van der Waals surface area contributed by atoms with E-state index < -0.39 is 6.85 Å². The zero-order valence-electron chi connectivity index (χ0n) is 93.5. The van der Waals surface area contributed by atoms with Crippen LogP contribution in [0.3, 0.4) is 0 Å². The summed E-state index contributed by atoms with van der Waals surface area (Å²) in [7, 11) is 12.6. The third-order valence-corrected chi connectivity index (χ3v) is 32.3. The highest BCUT2D eigenvalue weighted by Crippen LogP contribution is 2.59. The zero-order valence-corrected chi connectivity index (χ0v) is 90.5. The van der Waals surface area contributed by atoms with Gasteiger partial charge >= 0.3 is 0 Å². The Hall–Kier alpha value is -14.9. The molecule has 0 N–H and O–H groups in total. The molecule has 0 saturated carbocycles. The van der Waals surface area contributed by atoms with Gasteiger partial charge in [-0.2, -0.15) is 9.13 Å². The van der Waals surface area contributed by atoms with Gasteiger partial charge in [0, 0.05) is 192 Å². The number of hydrogen-bond acceptors (Lipinski definition) is 6. The minimum Gasteiger partial charge on any atom is -0.260 e. The average molecular weight is 1910 g/mol. The monoisotopic (exact) mass is 1910 g/mol. The summed E-state index contributed by atoms with van der Waals surface area (Å²) in [6.07, 6.45) is 19.7. The summed E-state index contributed by atoms with van der Waals surface area (Å²) in [6.45, 7) is 51.4. The van der Waals surface area contributed by atoms with Crippen LogP contribution in [0.4, 0.5) is 0 Å². The van der Waals surface area contributed by atoms with Crippen molar-refractivity contribution in [1.29, 1.82) is 0 Å². The maximum atomic E-state index is 7.67. The first-order valence-corrected chi connectivity index (χ1v) is 51.0. The molecule has 0 amide bonds. The highest BCUT2D eigenvalue weighted by atomic mass is 15.0. The smallest absolute Gasteiger partial charge is 0.213 e. The summed E-state index contributed by atoms with van der Waals surface area (Å²) in [5, 5.41) is 0. The van der Waals surface area contributed by atoms with Crippen molar-refractivity contribution in [2.24, 2.45) is 42.3 Å². The topological polar surface area (TPSA) is 101 Å². The van der Waals surface area contributed by atoms with Crippen molar-refractivity contribution < 1.29 is 31.5 Å². The molecule has 0 radical (unpaired) electrons. The Balaban J connectivity index is 0.000000112. The molecule has 0 aliphatic heterocycles. The van der Waals surface area contributed by atoms with E-state index in [1.165, 1.54) is 252 Å². The van der Waals surface area contributed by atoms with E-state index in [9.17, 15) is 0 Å². The van der Waals surface area contributed by atoms with E-state index in [1.807, 2.05) is 91.3 Å². The summed E-state index contributed by atoms with van der Waals surface area (Å²) < 4.78 is 36.2. The molecule has 12 nitrogen and oxygen atoms in total. The highest BCUT2D eigenvalue weighted by molar-refractivity contribution is 5.94. The van der Waals surface area contributed by atoms with E-state index in [4.69, 9.17) is 29.0 Å². The van der Waals surface area contributed by atoms with Gasteiger partial charge in [-0.3, -0.25) is 29.9 Å². The summed E-state index contributed by atoms with van der Waals surface area (Å²) in [5.74, 6) is 0. The van der Waals surface area contributed by atoms with Gasteiger partial charge in [0.2, 0.25) is 34.2 Å². The molecular formula is C133H140N12+6. The quantitative estimate of drug-likeness (QED) is 0.154. The van der Waals surface area contributed by atoms with Gasteiger partial charge in [0.05, 0.1) is 67.5 Å². The van der Waals surface area contributed by atoms with E-state index >= 15 is 0 Å². The predicted molar refractivity (Wildman–Crippen MR) is 592 cm³/mol. The molecule has 726 valence electrons. The van der Waals surface area contributed by atoms with E-state index in [1.54, 1.807) is 12.3 Å². The van der Waals surface area contributed by atoms with Crippen LogP contribution in [0.25, 0.3) is 134 Å². The highest BCUT2D eigenvalue weighted by Gasteiger charge is 2.48. The lowest BCUT2D eigenvalue weighted by Crippen LogP contribution is -2.35. The van der Waals surface area contributed by atoms with Crippen LogP contribution in [0.15, 0.2) is 286 Å². The molecule has 6 aliphatic rings. The van der Waals surface area contributed by atoms with Gasteiger partial charge in [0.1, 0.15) is 42.3 Å². The molecule has 18 aromatic rings. The molecule has 0 spiro atoms. The normalized spacial score (nSPS) is 14.8. The van der Waals surface area contributed by atoms with Gasteiger partial charge < -0.3 is 0 Å². The van der Waals surface area contributed by atoms with Gasteiger partial charge in [0.25, 0.3) is 0 Å². The lowest BCUT2D eigenvalue weighted by atomic mass is 9.80. The van der Waals surface area contributed by atoms with Crippen molar-refractivity contribution in [3.63, 3.8) is 0 Å². The Morgan fingerprint density at radius 3 is 0.745 bits per heavy atom. The fourth-order valence-corrected chi connectivity index (χ4v) is 24.7. The number of aryl methyl sites for hydroxylation is 17. The van der Waals surface area contributed by atoms with Crippen molar-refractivity contribution in [3.05, 3.63) is 427 Å². The molecule has 12 aromatic heterocycles. The molecule has 24 rings (SSSR count). The second-order valence-corrected chi connectivity index (χ2v) is 44.4. The molecule has 0 bridgehead atoms. The number of rotatable bonds is 6. The first-order valence-electron chi connectivity index (χ1n) is 52.5. The third kappa shape index (κ3) is 16.5. The Kier molecular flexibility index (Phi) is 24.3. The minimum atomic E-state index is -2.11. The van der Waals surface area contributed by atoms with E-state index in [0.717, 1.165) is 17.0 Å². The molecule has 0 fully saturated rings. The standard InChI is InChI=1S/C23H25N2.5C22H23N2/c1-14-9-10-17-18-8-7-11-24-22(18)23(4,5)21(17)20(14)19-12-15(2)16(3)13-25(19)6;2*1-14-11-12-16-17-9-7-13-23-21(17)22(3,4)20(16)19(14)18-10-6-8-15(2)24(18)5;2*1-14-8-11-18(24(5)13-14)19-15(2)9-10-16-17-7-6-12-23-21(17)22(3,4)20(16)19;1-14-10-12-24(5)18(13-14)19-15(2)8-9-16-17-7-6-11-23-21(17)22(3,4)20(16)19/h7-13H,1-6H3;5*6-13H,1-5H3/q6*+1/i;;;1D3;;. The van der Waals surface area contributed by atoms with Crippen molar-refractivity contribution in [2.75, 3.05) is 0 Å². The van der Waals surface area contributed by atoms with Crippen LogP contribution in [-0.4, -0.2) is 29.9 Å². The first kappa shape index (κ1) is 95.0. The molecule has 12 heteroatoms. The molecule has 6 aromatic carbocycles. The molecule has 12 heterocycles. The van der Waals surface area contributed by atoms with Gasteiger partial charge in [-0.15, -0.1) is 0 Å². The molecule has 0 unspecified atom stereocenters. The maximum Gasteiger partial charge on any atom is 0.213 e. The van der Waals surface area contributed by atoms with Crippen molar-refractivity contribution in [3.8, 4) is 134 Å². The maximum absolute atomic E-state index is 7.67. The second-order valence-electron chi connectivity index (χ2n) is 44.4. The average Bonchev–Trinajstić information content (AvgIpc) is 1.61. The fourth-order valence-electron chi connectivity index (χ4n) is 24.7. The van der Waals surface area contributed by atoms with Gasteiger partial charge in [0.15, 0.2) is 36.2 Å². The SMILES string of the molecule is Cc1cc(-c2c(C)ccc3c2C(C)(C)c2ncccc2-3)[n+](C)cc1C.Cc1cc[n+](C)c(-c2c(C)ccc3c2C(C)(C)c2ncccc2-3)c1.Cc1ccc(-c2c(C)ccc3c2C(C)(C)c2ncccc2-3)[n+](C)c1.Cc1ccc2c(c1-c1cccc(C)[n+]1C)C(C)(C)c1ncccc1-2.Cc1ccc2c(c1-c1cccc(C)[n+]1C)C(C)(C)c1ncccc1-2.[2H]C([2H])([2H])c1ccc(-c2c(C)ccc3c2C(C)(C)c2ncccc2-3)[n+](C)c1. The van der Waals surface area contributed by atoms with Crippen LogP contribution in [0, 0.1) is 89.9 Å². The van der Waals surface area contributed by atoms with Gasteiger partial charge in [-0.25, -0.2) is 18.3 Å². The van der Waals surface area contributed by atoms with Crippen LogP contribution in [0.2, 0.25) is 0 Å². The zero-order chi connectivity index (χ0) is 106. The number of pyridine rings is 12. The Labute approximate surface area is 864 Å². The van der Waals surface area contributed by atoms with Gasteiger partial charge in [-0.1, -0.05) is 192 Å². The molecule has 6 aliphatic carbocycles. The predicted octanol–water partition coefficient (Wildman–Crippen LogP) is 27.3. The summed E-state index contributed by atoms with van der Waals surface area (Å²) >= 11 is 0. The lowest BCUT2D eigenvalue weighted by molar-refractivity contribution is -0.666. The van der Waals surface area contributed by atoms with Crippen LogP contribution < -0.4 is 27.4 Å². The first-order chi connectivity index (χ1) is 70.1. The fraction of sp³-hybridized carbons (Fsp3) is 0.278. The summed E-state index contributed by atoms with van der Waals surface area (Å²) in [6, 6.07) is 80.1. The molecular weight excluding hydrogens is 1770 g/mol.